The molecule has 0 atom stereocenters. The second-order valence-corrected chi connectivity index (χ2v) is 8.28. The molecule has 0 N–H and O–H groups in total. The van der Waals surface area contributed by atoms with Gasteiger partial charge in [-0.15, -0.1) is 0 Å². The van der Waals surface area contributed by atoms with E-state index in [4.69, 9.17) is 0 Å². The summed E-state index contributed by atoms with van der Waals surface area (Å²) >= 11 is 0. The van der Waals surface area contributed by atoms with Crippen LogP contribution in [0.5, 0.6) is 0 Å². The van der Waals surface area contributed by atoms with Crippen molar-refractivity contribution in [2.75, 3.05) is 13.1 Å². The fraction of sp³-hybridized carbons (Fsp3) is 0.240. The van der Waals surface area contributed by atoms with Crippen LogP contribution in [0.4, 0.5) is 8.78 Å². The maximum absolute atomic E-state index is 13.4. The summed E-state index contributed by atoms with van der Waals surface area (Å²) in [6, 6.07) is 15.1. The molecule has 1 aliphatic heterocycles. The number of fused-ring (bicyclic) bond motifs is 2. The lowest BCUT2D eigenvalue weighted by atomic mass is 9.98. The van der Waals surface area contributed by atoms with Crippen LogP contribution in [0.1, 0.15) is 23.2 Å². The molecule has 1 saturated heterocycles. The van der Waals surface area contributed by atoms with Crippen molar-refractivity contribution < 1.29 is 13.6 Å². The number of aromatic nitrogens is 2. The lowest BCUT2D eigenvalue weighted by Crippen LogP contribution is -2.42. The van der Waals surface area contributed by atoms with E-state index in [1.54, 1.807) is 23.9 Å². The van der Waals surface area contributed by atoms with E-state index in [1.807, 2.05) is 42.5 Å². The molecule has 0 bridgehead atoms. The highest BCUT2D eigenvalue weighted by Gasteiger charge is 2.35. The maximum atomic E-state index is 13.4. The fourth-order valence-corrected chi connectivity index (χ4v) is 4.24. The van der Waals surface area contributed by atoms with Gasteiger partial charge in [0, 0.05) is 61.7 Å². The molecule has 1 aliphatic rings. The quantitative estimate of drug-likeness (QED) is 0.463. The third-order valence-electron chi connectivity index (χ3n) is 6.13. The average molecular weight is 433 g/mol. The number of pyridine rings is 2. The summed E-state index contributed by atoms with van der Waals surface area (Å²) in [5, 5.41) is 2.28. The van der Waals surface area contributed by atoms with Crippen molar-refractivity contribution in [1.29, 1.82) is 0 Å². The second kappa shape index (κ2) is 7.51. The number of carbonyl (C=O) groups excluding carboxylic acids is 1. The summed E-state index contributed by atoms with van der Waals surface area (Å²) in [5.74, 6) is -2.97. The van der Waals surface area contributed by atoms with Crippen molar-refractivity contribution in [2.45, 2.75) is 18.8 Å². The fourth-order valence-electron chi connectivity index (χ4n) is 4.24. The van der Waals surface area contributed by atoms with Crippen LogP contribution in [-0.2, 0) is 7.05 Å². The van der Waals surface area contributed by atoms with Gasteiger partial charge in [0.25, 0.3) is 17.4 Å². The molecule has 162 valence electrons. The van der Waals surface area contributed by atoms with Gasteiger partial charge < -0.3 is 9.47 Å². The van der Waals surface area contributed by atoms with Gasteiger partial charge in [-0.3, -0.25) is 14.6 Å². The van der Waals surface area contributed by atoms with E-state index in [9.17, 15) is 18.4 Å². The second-order valence-electron chi connectivity index (χ2n) is 8.28. The standard InChI is InChI=1S/C25H21F2N3O2/c1-29-10-7-17-13-16(5-6-21(17)24(29)32)20-4-2-3-18-14-19(15-28-22(18)20)23(31)30-11-8-25(26,27)9-12-30/h2-7,10,13-15H,8-9,11-12H2,1H3. The third-order valence-corrected chi connectivity index (χ3v) is 6.13. The number of rotatable bonds is 2. The number of piperidine rings is 1. The Balaban J connectivity index is 1.51. The molecule has 0 saturated carbocycles. The molecule has 0 radical (unpaired) electrons. The summed E-state index contributed by atoms with van der Waals surface area (Å²) < 4.78 is 28.4. The monoisotopic (exact) mass is 433 g/mol. The number of halogens is 2. The van der Waals surface area contributed by atoms with Crippen molar-refractivity contribution in [3.05, 3.63) is 76.8 Å². The van der Waals surface area contributed by atoms with Gasteiger partial charge in [0.2, 0.25) is 0 Å². The highest BCUT2D eigenvalue weighted by molar-refractivity contribution is 6.01. The van der Waals surface area contributed by atoms with Crippen LogP contribution in [0.15, 0.2) is 65.7 Å². The van der Waals surface area contributed by atoms with Crippen LogP contribution in [0.3, 0.4) is 0 Å². The Morgan fingerprint density at radius 1 is 1.03 bits per heavy atom. The van der Waals surface area contributed by atoms with Crippen LogP contribution in [0.25, 0.3) is 32.8 Å². The zero-order chi connectivity index (χ0) is 22.5. The topological polar surface area (TPSA) is 55.2 Å². The van der Waals surface area contributed by atoms with E-state index >= 15 is 0 Å². The molecule has 5 rings (SSSR count). The lowest BCUT2D eigenvalue weighted by Gasteiger charge is -2.31. The zero-order valence-electron chi connectivity index (χ0n) is 17.5. The number of hydrogen-bond donors (Lipinski definition) is 0. The minimum atomic E-state index is -2.70. The predicted molar refractivity (Wildman–Crippen MR) is 120 cm³/mol. The minimum absolute atomic E-state index is 0.0421. The number of nitrogens with zero attached hydrogens (tertiary/aromatic N) is 3. The number of para-hydroxylation sites is 1. The first-order valence-corrected chi connectivity index (χ1v) is 10.5. The highest BCUT2D eigenvalue weighted by atomic mass is 19.3. The number of hydrogen-bond acceptors (Lipinski definition) is 3. The number of alkyl halides is 2. The van der Waals surface area contributed by atoms with Gasteiger partial charge in [0.15, 0.2) is 0 Å². The molecule has 3 heterocycles. The summed E-state index contributed by atoms with van der Waals surface area (Å²) in [6.45, 7) is 0.0843. The van der Waals surface area contributed by atoms with E-state index in [2.05, 4.69) is 4.98 Å². The van der Waals surface area contributed by atoms with Crippen molar-refractivity contribution >= 4 is 27.6 Å². The smallest absolute Gasteiger partial charge is 0.258 e. The molecule has 1 fully saturated rings. The van der Waals surface area contributed by atoms with E-state index in [0.717, 1.165) is 27.4 Å². The molecule has 5 nitrogen and oxygen atoms in total. The zero-order valence-corrected chi connectivity index (χ0v) is 17.5. The largest absolute Gasteiger partial charge is 0.338 e. The Labute approximate surface area is 182 Å². The molecule has 0 aliphatic carbocycles. The maximum Gasteiger partial charge on any atom is 0.258 e. The summed E-state index contributed by atoms with van der Waals surface area (Å²) in [7, 11) is 1.72. The van der Waals surface area contributed by atoms with Gasteiger partial charge in [-0.05, 0) is 35.2 Å². The summed E-state index contributed by atoms with van der Waals surface area (Å²) in [4.78, 5) is 31.2. The molecule has 4 aromatic rings. The van der Waals surface area contributed by atoms with E-state index < -0.39 is 5.92 Å². The predicted octanol–water partition coefficient (Wildman–Crippen LogP) is 4.63. The number of carbonyl (C=O) groups is 1. The van der Waals surface area contributed by atoms with Crippen molar-refractivity contribution in [1.82, 2.24) is 14.5 Å². The SMILES string of the molecule is Cn1ccc2cc(-c3cccc4cc(C(=O)N5CCC(F)(F)CC5)cnc34)ccc2c1=O. The summed E-state index contributed by atoms with van der Waals surface area (Å²) in [6.07, 6.45) is 2.63. The van der Waals surface area contributed by atoms with Crippen molar-refractivity contribution in [2.24, 2.45) is 7.05 Å². The van der Waals surface area contributed by atoms with Crippen LogP contribution in [0, 0.1) is 0 Å². The minimum Gasteiger partial charge on any atom is -0.338 e. The Morgan fingerprint density at radius 3 is 2.59 bits per heavy atom. The molecule has 2 aromatic heterocycles. The van der Waals surface area contributed by atoms with Gasteiger partial charge in [0.1, 0.15) is 0 Å². The number of benzene rings is 2. The number of aryl methyl sites for hydroxylation is 1. The van der Waals surface area contributed by atoms with Gasteiger partial charge >= 0.3 is 0 Å². The van der Waals surface area contributed by atoms with Gasteiger partial charge in [-0.1, -0.05) is 24.3 Å². The molecular weight excluding hydrogens is 412 g/mol. The normalized spacial score (nSPS) is 15.9. The van der Waals surface area contributed by atoms with Crippen LogP contribution in [0.2, 0.25) is 0 Å². The molecular formula is C25H21F2N3O2. The first-order chi connectivity index (χ1) is 15.3. The first kappa shape index (κ1) is 20.3. The lowest BCUT2D eigenvalue weighted by molar-refractivity contribution is -0.0494. The number of amides is 1. The Bertz CT molecular complexity index is 1420. The Hall–Kier alpha value is -3.61. The first-order valence-electron chi connectivity index (χ1n) is 10.5. The van der Waals surface area contributed by atoms with E-state index in [-0.39, 0.29) is 37.4 Å². The molecule has 2 aromatic carbocycles. The molecule has 32 heavy (non-hydrogen) atoms. The van der Waals surface area contributed by atoms with E-state index in [0.29, 0.717) is 10.9 Å². The van der Waals surface area contributed by atoms with Crippen molar-refractivity contribution in [3.8, 4) is 11.1 Å². The van der Waals surface area contributed by atoms with Gasteiger partial charge in [-0.2, -0.15) is 0 Å². The molecule has 0 unspecified atom stereocenters. The van der Waals surface area contributed by atoms with Gasteiger partial charge in [-0.25, -0.2) is 8.78 Å². The molecule has 7 heteroatoms. The van der Waals surface area contributed by atoms with Gasteiger partial charge in [0.05, 0.1) is 11.1 Å². The summed E-state index contributed by atoms with van der Waals surface area (Å²) in [5.41, 5.74) is 2.88. The van der Waals surface area contributed by atoms with Crippen LogP contribution < -0.4 is 5.56 Å². The number of likely N-dealkylation sites (tertiary alicyclic amines) is 1. The van der Waals surface area contributed by atoms with Crippen LogP contribution in [-0.4, -0.2) is 39.4 Å². The van der Waals surface area contributed by atoms with Crippen molar-refractivity contribution in [3.63, 3.8) is 0 Å². The molecule has 0 spiro atoms. The Morgan fingerprint density at radius 2 is 1.81 bits per heavy atom. The molecule has 1 amide bonds. The van der Waals surface area contributed by atoms with E-state index in [1.165, 1.54) is 11.1 Å². The Kier molecular flexibility index (Phi) is 4.77. The third kappa shape index (κ3) is 3.53. The average Bonchev–Trinajstić information content (AvgIpc) is 2.80. The van der Waals surface area contributed by atoms with Crippen LogP contribution >= 0.6 is 0 Å². The highest BCUT2D eigenvalue weighted by Crippen LogP contribution is 2.31.